The molecule has 136 valence electrons. The van der Waals surface area contributed by atoms with Gasteiger partial charge in [0.1, 0.15) is 11.5 Å². The van der Waals surface area contributed by atoms with Crippen LogP contribution in [0.2, 0.25) is 5.02 Å². The Morgan fingerprint density at radius 2 is 2.00 bits per heavy atom. The molecule has 0 saturated carbocycles. The number of carbonyl (C=O) groups is 3. The Morgan fingerprint density at radius 1 is 1.19 bits per heavy atom. The first-order valence-corrected chi connectivity index (χ1v) is 8.05. The molecule has 0 atom stereocenters. The minimum atomic E-state index is -0.534. The molecule has 7 nitrogen and oxygen atoms in total. The van der Waals surface area contributed by atoms with Crippen LogP contribution in [0.5, 0.6) is 0 Å². The second-order valence-corrected chi connectivity index (χ2v) is 5.60. The summed E-state index contributed by atoms with van der Waals surface area (Å²) < 4.78 is 10.0. The molecule has 26 heavy (non-hydrogen) atoms. The van der Waals surface area contributed by atoms with Crippen molar-refractivity contribution < 1.29 is 23.5 Å². The van der Waals surface area contributed by atoms with Gasteiger partial charge in [-0.3, -0.25) is 25.2 Å². The highest BCUT2D eigenvalue weighted by Gasteiger charge is 2.07. The van der Waals surface area contributed by atoms with E-state index in [0.717, 1.165) is 0 Å². The standard InChI is InChI=1S/C18H17ClN2O5/c1-25-17(23)10-8-15-6-5-14(26-15)7-9-16(22)20-21-18(24)12-3-2-4-13(19)11-12/h2-7,9,11H,8,10H2,1H3,(H,20,22)(H,21,24)/b9-7+. The number of aryl methyl sites for hydroxylation is 1. The molecule has 1 aromatic heterocycles. The van der Waals surface area contributed by atoms with Crippen LogP contribution in [0.25, 0.3) is 6.08 Å². The SMILES string of the molecule is COC(=O)CCc1ccc(/C=C/C(=O)NNC(=O)c2cccc(Cl)c2)o1. The zero-order chi connectivity index (χ0) is 18.9. The summed E-state index contributed by atoms with van der Waals surface area (Å²) >= 11 is 5.80. The molecular formula is C18H17ClN2O5. The molecule has 0 spiro atoms. The van der Waals surface area contributed by atoms with Crippen LogP contribution in [0, 0.1) is 0 Å². The Balaban J connectivity index is 1.81. The van der Waals surface area contributed by atoms with Crippen molar-refractivity contribution in [3.63, 3.8) is 0 Å². The molecule has 1 heterocycles. The van der Waals surface area contributed by atoms with E-state index in [0.29, 0.717) is 28.5 Å². The largest absolute Gasteiger partial charge is 0.469 e. The maximum absolute atomic E-state index is 11.9. The van der Waals surface area contributed by atoms with Crippen LogP contribution >= 0.6 is 11.6 Å². The van der Waals surface area contributed by atoms with Crippen molar-refractivity contribution in [3.05, 3.63) is 64.6 Å². The Bertz CT molecular complexity index is 828. The molecule has 0 fully saturated rings. The summed E-state index contributed by atoms with van der Waals surface area (Å²) in [5.74, 6) is -0.301. The summed E-state index contributed by atoms with van der Waals surface area (Å²) in [4.78, 5) is 34.7. The van der Waals surface area contributed by atoms with E-state index < -0.39 is 11.8 Å². The molecule has 0 saturated heterocycles. The van der Waals surface area contributed by atoms with Crippen LogP contribution in [-0.4, -0.2) is 24.9 Å². The lowest BCUT2D eigenvalue weighted by molar-refractivity contribution is -0.140. The van der Waals surface area contributed by atoms with E-state index in [1.165, 1.54) is 25.3 Å². The number of methoxy groups -OCH3 is 1. The molecule has 0 aliphatic carbocycles. The minimum absolute atomic E-state index is 0.211. The van der Waals surface area contributed by atoms with Gasteiger partial charge in [-0.15, -0.1) is 0 Å². The number of halogens is 1. The number of benzene rings is 1. The smallest absolute Gasteiger partial charge is 0.305 e. The Morgan fingerprint density at radius 3 is 2.73 bits per heavy atom. The average molecular weight is 377 g/mol. The van der Waals surface area contributed by atoms with E-state index >= 15 is 0 Å². The molecule has 0 unspecified atom stereocenters. The third-order valence-corrected chi connectivity index (χ3v) is 3.51. The maximum Gasteiger partial charge on any atom is 0.305 e. The van der Waals surface area contributed by atoms with Gasteiger partial charge >= 0.3 is 5.97 Å². The Hall–Kier alpha value is -3.06. The Kier molecular flexibility index (Phi) is 6.99. The molecule has 0 aliphatic heterocycles. The molecule has 2 aromatic rings. The monoisotopic (exact) mass is 376 g/mol. The highest BCUT2D eigenvalue weighted by atomic mass is 35.5. The number of furan rings is 1. The van der Waals surface area contributed by atoms with Crippen molar-refractivity contribution >= 4 is 35.5 Å². The second kappa shape index (κ2) is 9.43. The quantitative estimate of drug-likeness (QED) is 0.458. The molecule has 2 rings (SSSR count). The fraction of sp³-hybridized carbons (Fsp3) is 0.167. The minimum Gasteiger partial charge on any atom is -0.469 e. The predicted molar refractivity (Wildman–Crippen MR) is 95.1 cm³/mol. The summed E-state index contributed by atoms with van der Waals surface area (Å²) in [6.07, 6.45) is 3.27. The van der Waals surface area contributed by atoms with Gasteiger partial charge in [0.2, 0.25) is 0 Å². The highest BCUT2D eigenvalue weighted by Crippen LogP contribution is 2.12. The van der Waals surface area contributed by atoms with Crippen LogP contribution in [0.15, 0.2) is 46.9 Å². The second-order valence-electron chi connectivity index (χ2n) is 5.17. The van der Waals surface area contributed by atoms with Crippen molar-refractivity contribution in [2.75, 3.05) is 7.11 Å². The van der Waals surface area contributed by atoms with Gasteiger partial charge in [0.25, 0.3) is 11.8 Å². The maximum atomic E-state index is 11.9. The van der Waals surface area contributed by atoms with Crippen molar-refractivity contribution in [2.24, 2.45) is 0 Å². The van der Waals surface area contributed by atoms with Crippen molar-refractivity contribution in [2.45, 2.75) is 12.8 Å². The molecule has 1 aromatic carbocycles. The summed E-state index contributed by atoms with van der Waals surface area (Å²) in [5.41, 5.74) is 4.85. The van der Waals surface area contributed by atoms with Crippen LogP contribution in [0.4, 0.5) is 0 Å². The Labute approximate surface area is 154 Å². The molecule has 2 N–H and O–H groups in total. The van der Waals surface area contributed by atoms with Gasteiger partial charge in [-0.05, 0) is 36.4 Å². The number of ether oxygens (including phenoxy) is 1. The van der Waals surface area contributed by atoms with E-state index in [2.05, 4.69) is 15.6 Å². The molecule has 0 bridgehead atoms. The van der Waals surface area contributed by atoms with Crippen molar-refractivity contribution in [3.8, 4) is 0 Å². The summed E-state index contributed by atoms with van der Waals surface area (Å²) in [7, 11) is 1.32. The van der Waals surface area contributed by atoms with Crippen molar-refractivity contribution in [1.29, 1.82) is 0 Å². The predicted octanol–water partition coefficient (Wildman–Crippen LogP) is 2.51. The zero-order valence-corrected chi connectivity index (χ0v) is 14.7. The van der Waals surface area contributed by atoms with Crippen molar-refractivity contribution in [1.82, 2.24) is 10.9 Å². The zero-order valence-electron chi connectivity index (χ0n) is 14.0. The van der Waals surface area contributed by atoms with Gasteiger partial charge in [0.05, 0.1) is 13.5 Å². The molecule has 0 aliphatic rings. The van der Waals surface area contributed by atoms with E-state index in [1.807, 2.05) is 0 Å². The number of amides is 2. The number of nitrogens with one attached hydrogen (secondary N) is 2. The number of rotatable bonds is 6. The number of carbonyl (C=O) groups excluding carboxylic acids is 3. The lowest BCUT2D eigenvalue weighted by Crippen LogP contribution is -2.40. The van der Waals surface area contributed by atoms with Crippen LogP contribution in [-0.2, 0) is 20.7 Å². The number of esters is 1. The summed E-state index contributed by atoms with van der Waals surface area (Å²) in [6.45, 7) is 0. The topological polar surface area (TPSA) is 97.6 Å². The number of hydrogen-bond donors (Lipinski definition) is 2. The fourth-order valence-electron chi connectivity index (χ4n) is 1.97. The first-order chi connectivity index (χ1) is 12.5. The summed E-state index contributed by atoms with van der Waals surface area (Å²) in [6, 6.07) is 9.71. The fourth-order valence-corrected chi connectivity index (χ4v) is 2.16. The van der Waals surface area contributed by atoms with E-state index in [9.17, 15) is 14.4 Å². The van der Waals surface area contributed by atoms with E-state index in [-0.39, 0.29) is 12.4 Å². The summed E-state index contributed by atoms with van der Waals surface area (Å²) in [5, 5.41) is 0.421. The molecule has 2 amide bonds. The first kappa shape index (κ1) is 19.3. The third kappa shape index (κ3) is 6.10. The number of hydrazine groups is 1. The normalized spacial score (nSPS) is 10.5. The van der Waals surface area contributed by atoms with Gasteiger partial charge in [-0.1, -0.05) is 17.7 Å². The lowest BCUT2D eigenvalue weighted by atomic mass is 10.2. The highest BCUT2D eigenvalue weighted by molar-refractivity contribution is 6.30. The van der Waals surface area contributed by atoms with Gasteiger partial charge in [-0.25, -0.2) is 0 Å². The van der Waals surface area contributed by atoms with Crippen LogP contribution in [0.3, 0.4) is 0 Å². The molecule has 8 heteroatoms. The van der Waals surface area contributed by atoms with E-state index in [1.54, 1.807) is 30.3 Å². The third-order valence-electron chi connectivity index (χ3n) is 3.27. The van der Waals surface area contributed by atoms with E-state index in [4.69, 9.17) is 16.0 Å². The number of hydrogen-bond acceptors (Lipinski definition) is 5. The van der Waals surface area contributed by atoms with Gasteiger partial charge < -0.3 is 9.15 Å². The van der Waals surface area contributed by atoms with Crippen LogP contribution < -0.4 is 10.9 Å². The average Bonchev–Trinajstić information content (AvgIpc) is 3.10. The van der Waals surface area contributed by atoms with Gasteiger partial charge in [0, 0.05) is 23.1 Å². The first-order valence-electron chi connectivity index (χ1n) is 7.67. The molecule has 0 radical (unpaired) electrons. The lowest BCUT2D eigenvalue weighted by Gasteiger charge is -2.05. The molecular weight excluding hydrogens is 360 g/mol. The van der Waals surface area contributed by atoms with Gasteiger partial charge in [-0.2, -0.15) is 0 Å². The van der Waals surface area contributed by atoms with Gasteiger partial charge in [0.15, 0.2) is 0 Å². The van der Waals surface area contributed by atoms with Crippen LogP contribution in [0.1, 0.15) is 28.3 Å².